The molecule has 96 valence electrons. The highest BCUT2D eigenvalue weighted by Gasteiger charge is 2.32. The Morgan fingerprint density at radius 1 is 1.33 bits per heavy atom. The molecular formula is C13H18N4S. The molecule has 0 bridgehead atoms. The van der Waals surface area contributed by atoms with E-state index < -0.39 is 0 Å². The van der Waals surface area contributed by atoms with Crippen molar-refractivity contribution in [1.82, 2.24) is 14.8 Å². The minimum Gasteiger partial charge on any atom is -0.319 e. The molecule has 2 aromatic rings. The lowest BCUT2D eigenvalue weighted by Crippen LogP contribution is -2.38. The van der Waals surface area contributed by atoms with Crippen LogP contribution in [0, 0.1) is 0 Å². The first-order valence-electron chi connectivity index (χ1n) is 6.42. The molecule has 0 atom stereocenters. The van der Waals surface area contributed by atoms with E-state index in [0.29, 0.717) is 0 Å². The van der Waals surface area contributed by atoms with Crippen LogP contribution in [0.1, 0.15) is 37.1 Å². The molecule has 0 amide bonds. The summed E-state index contributed by atoms with van der Waals surface area (Å²) >= 11 is 1.68. The van der Waals surface area contributed by atoms with E-state index >= 15 is 0 Å². The standard InChI is InChI=1S/C13H18N4S/c1-17-11(5-8-15-17)10-9-18-12(16-10)13(14)6-3-2-4-7-13/h5,8-9H,2-4,6-7,14H2,1H3. The molecule has 5 heteroatoms. The highest BCUT2D eigenvalue weighted by Crippen LogP contribution is 2.37. The average Bonchev–Trinajstić information content (AvgIpc) is 2.98. The van der Waals surface area contributed by atoms with Gasteiger partial charge in [-0.2, -0.15) is 5.10 Å². The van der Waals surface area contributed by atoms with Crippen LogP contribution in [-0.2, 0) is 12.6 Å². The van der Waals surface area contributed by atoms with Crippen LogP contribution in [-0.4, -0.2) is 14.8 Å². The van der Waals surface area contributed by atoms with Crippen LogP contribution in [0.4, 0.5) is 0 Å². The van der Waals surface area contributed by atoms with Crippen molar-refractivity contribution < 1.29 is 0 Å². The van der Waals surface area contributed by atoms with E-state index in [1.54, 1.807) is 17.5 Å². The van der Waals surface area contributed by atoms with E-state index in [0.717, 1.165) is 29.2 Å². The number of nitrogens with zero attached hydrogens (tertiary/aromatic N) is 3. The van der Waals surface area contributed by atoms with Crippen LogP contribution < -0.4 is 5.73 Å². The van der Waals surface area contributed by atoms with E-state index in [1.807, 2.05) is 17.8 Å². The maximum atomic E-state index is 6.51. The Balaban J connectivity index is 1.92. The molecule has 2 N–H and O–H groups in total. The predicted octanol–water partition coefficient (Wildman–Crippen LogP) is 2.66. The van der Waals surface area contributed by atoms with Crippen molar-refractivity contribution in [3.8, 4) is 11.4 Å². The third kappa shape index (κ3) is 1.97. The fourth-order valence-corrected chi connectivity index (χ4v) is 3.63. The van der Waals surface area contributed by atoms with Crippen LogP contribution in [0.3, 0.4) is 0 Å². The molecule has 1 aliphatic carbocycles. The number of hydrogen-bond acceptors (Lipinski definition) is 4. The van der Waals surface area contributed by atoms with Crippen molar-refractivity contribution in [1.29, 1.82) is 0 Å². The van der Waals surface area contributed by atoms with E-state index in [1.165, 1.54) is 19.3 Å². The molecule has 4 nitrogen and oxygen atoms in total. The summed E-state index contributed by atoms with van der Waals surface area (Å²) < 4.78 is 1.85. The topological polar surface area (TPSA) is 56.7 Å². The van der Waals surface area contributed by atoms with Gasteiger partial charge in [0, 0.05) is 18.6 Å². The fourth-order valence-electron chi connectivity index (χ4n) is 2.64. The summed E-state index contributed by atoms with van der Waals surface area (Å²) in [6.07, 6.45) is 7.66. The van der Waals surface area contributed by atoms with Crippen molar-refractivity contribution in [3.05, 3.63) is 22.7 Å². The van der Waals surface area contributed by atoms with Gasteiger partial charge in [0.1, 0.15) is 5.01 Å². The minimum absolute atomic E-state index is 0.195. The zero-order valence-electron chi connectivity index (χ0n) is 10.6. The average molecular weight is 262 g/mol. The van der Waals surface area contributed by atoms with Gasteiger partial charge in [-0.05, 0) is 18.9 Å². The van der Waals surface area contributed by atoms with Gasteiger partial charge in [0.25, 0.3) is 0 Å². The second-order valence-corrected chi connectivity index (χ2v) is 5.95. The number of thiazole rings is 1. The van der Waals surface area contributed by atoms with Crippen LogP contribution in [0.2, 0.25) is 0 Å². The van der Waals surface area contributed by atoms with Crippen molar-refractivity contribution in [3.63, 3.8) is 0 Å². The maximum absolute atomic E-state index is 6.51. The van der Waals surface area contributed by atoms with Crippen LogP contribution in [0.5, 0.6) is 0 Å². The van der Waals surface area contributed by atoms with Crippen molar-refractivity contribution in [2.75, 3.05) is 0 Å². The Morgan fingerprint density at radius 2 is 2.11 bits per heavy atom. The Morgan fingerprint density at radius 3 is 2.78 bits per heavy atom. The molecule has 0 radical (unpaired) electrons. The summed E-state index contributed by atoms with van der Waals surface area (Å²) in [5.41, 5.74) is 8.36. The van der Waals surface area contributed by atoms with E-state index in [-0.39, 0.29) is 5.54 Å². The molecule has 0 saturated heterocycles. The number of aromatic nitrogens is 3. The van der Waals surface area contributed by atoms with Gasteiger partial charge in [-0.25, -0.2) is 4.98 Å². The third-order valence-corrected chi connectivity index (χ3v) is 4.82. The van der Waals surface area contributed by atoms with Crippen LogP contribution in [0.15, 0.2) is 17.6 Å². The molecule has 3 rings (SSSR count). The molecular weight excluding hydrogens is 244 g/mol. The first-order valence-corrected chi connectivity index (χ1v) is 7.30. The largest absolute Gasteiger partial charge is 0.319 e. The summed E-state index contributed by atoms with van der Waals surface area (Å²) in [5.74, 6) is 0. The lowest BCUT2D eigenvalue weighted by Gasteiger charge is -2.31. The quantitative estimate of drug-likeness (QED) is 0.905. The molecule has 0 aliphatic heterocycles. The molecule has 0 spiro atoms. The molecule has 0 unspecified atom stereocenters. The van der Waals surface area contributed by atoms with Gasteiger partial charge >= 0.3 is 0 Å². The van der Waals surface area contributed by atoms with Gasteiger partial charge in [0.15, 0.2) is 0 Å². The number of rotatable bonds is 2. The monoisotopic (exact) mass is 262 g/mol. The van der Waals surface area contributed by atoms with Gasteiger partial charge in [-0.1, -0.05) is 19.3 Å². The Kier molecular flexibility index (Phi) is 2.95. The fraction of sp³-hybridized carbons (Fsp3) is 0.538. The Labute approximate surface area is 111 Å². The lowest BCUT2D eigenvalue weighted by atomic mass is 9.83. The highest BCUT2D eigenvalue weighted by atomic mass is 32.1. The van der Waals surface area contributed by atoms with E-state index in [2.05, 4.69) is 10.5 Å². The summed E-state index contributed by atoms with van der Waals surface area (Å²) in [4.78, 5) is 4.74. The predicted molar refractivity (Wildman–Crippen MR) is 73.3 cm³/mol. The van der Waals surface area contributed by atoms with Crippen molar-refractivity contribution in [2.24, 2.45) is 12.8 Å². The second-order valence-electron chi connectivity index (χ2n) is 5.09. The number of hydrogen-bond donors (Lipinski definition) is 1. The SMILES string of the molecule is Cn1nccc1-c1csc(C2(N)CCCCC2)n1. The van der Waals surface area contributed by atoms with Crippen LogP contribution in [0.25, 0.3) is 11.4 Å². The van der Waals surface area contributed by atoms with Gasteiger partial charge in [0.2, 0.25) is 0 Å². The maximum Gasteiger partial charge on any atom is 0.113 e. The summed E-state index contributed by atoms with van der Waals surface area (Å²) in [6, 6.07) is 1.99. The molecule has 2 aromatic heterocycles. The Bertz CT molecular complexity index is 537. The molecule has 1 aliphatic rings. The molecule has 18 heavy (non-hydrogen) atoms. The minimum atomic E-state index is -0.195. The van der Waals surface area contributed by atoms with Crippen LogP contribution >= 0.6 is 11.3 Å². The summed E-state index contributed by atoms with van der Waals surface area (Å²) in [6.45, 7) is 0. The zero-order valence-corrected chi connectivity index (χ0v) is 11.4. The van der Waals surface area contributed by atoms with Crippen molar-refractivity contribution >= 4 is 11.3 Å². The first kappa shape index (κ1) is 11.9. The summed E-state index contributed by atoms with van der Waals surface area (Å²) in [5, 5.41) is 7.36. The van der Waals surface area contributed by atoms with Gasteiger partial charge < -0.3 is 5.73 Å². The Hall–Kier alpha value is -1.20. The number of aryl methyl sites for hydroxylation is 1. The highest BCUT2D eigenvalue weighted by molar-refractivity contribution is 7.10. The van der Waals surface area contributed by atoms with E-state index in [9.17, 15) is 0 Å². The molecule has 1 fully saturated rings. The summed E-state index contributed by atoms with van der Waals surface area (Å²) in [7, 11) is 1.94. The van der Waals surface area contributed by atoms with E-state index in [4.69, 9.17) is 10.7 Å². The van der Waals surface area contributed by atoms with Crippen molar-refractivity contribution in [2.45, 2.75) is 37.6 Å². The van der Waals surface area contributed by atoms with Gasteiger partial charge in [-0.3, -0.25) is 4.68 Å². The smallest absolute Gasteiger partial charge is 0.113 e. The number of nitrogens with two attached hydrogens (primary N) is 1. The van der Waals surface area contributed by atoms with Gasteiger partial charge in [0.05, 0.1) is 16.9 Å². The first-order chi connectivity index (χ1) is 8.69. The molecule has 2 heterocycles. The lowest BCUT2D eigenvalue weighted by molar-refractivity contribution is 0.301. The molecule has 1 saturated carbocycles. The van der Waals surface area contributed by atoms with Gasteiger partial charge in [-0.15, -0.1) is 11.3 Å². The normalized spacial score (nSPS) is 19.0. The zero-order chi connectivity index (χ0) is 12.6. The second kappa shape index (κ2) is 4.48. The third-order valence-electron chi connectivity index (χ3n) is 3.76. The molecule has 0 aromatic carbocycles.